The van der Waals surface area contributed by atoms with Crippen LogP contribution in [-0.4, -0.2) is 47.3 Å². The molecule has 0 bridgehead atoms. The molecule has 1 N–H and O–H groups in total. The Balaban J connectivity index is 1.54. The molecule has 0 aromatic carbocycles. The first kappa shape index (κ1) is 12.4. The van der Waals surface area contributed by atoms with Gasteiger partial charge in [0.25, 0.3) is 0 Å². The van der Waals surface area contributed by atoms with E-state index >= 15 is 0 Å². The lowest BCUT2D eigenvalue weighted by Gasteiger charge is -2.46. The number of hydrogen-bond acceptors (Lipinski definition) is 3. The number of hydrogen-bond donors (Lipinski definition) is 1. The van der Waals surface area contributed by atoms with Crippen LogP contribution in [0.3, 0.4) is 0 Å². The van der Waals surface area contributed by atoms with Crippen LogP contribution in [0.2, 0.25) is 0 Å². The summed E-state index contributed by atoms with van der Waals surface area (Å²) in [5.41, 5.74) is -0.353. The summed E-state index contributed by atoms with van der Waals surface area (Å²) in [4.78, 5) is 14.0. The van der Waals surface area contributed by atoms with E-state index in [-0.39, 0.29) is 11.7 Å². The third-order valence-corrected chi connectivity index (χ3v) is 4.74. The smallest absolute Gasteiger partial charge is 0.222 e. The molecule has 3 rings (SSSR count). The van der Waals surface area contributed by atoms with Crippen LogP contribution in [0.15, 0.2) is 0 Å². The van der Waals surface area contributed by atoms with Crippen LogP contribution >= 0.6 is 0 Å². The van der Waals surface area contributed by atoms with Gasteiger partial charge in [-0.2, -0.15) is 0 Å². The predicted molar refractivity (Wildman–Crippen MR) is 67.1 cm³/mol. The van der Waals surface area contributed by atoms with Gasteiger partial charge in [-0.25, -0.2) is 0 Å². The topological polar surface area (TPSA) is 49.8 Å². The van der Waals surface area contributed by atoms with Gasteiger partial charge in [-0.1, -0.05) is 0 Å². The highest BCUT2D eigenvalue weighted by Crippen LogP contribution is 2.37. The molecule has 1 atom stereocenters. The van der Waals surface area contributed by atoms with Crippen molar-refractivity contribution < 1.29 is 14.6 Å². The lowest BCUT2D eigenvalue weighted by Crippen LogP contribution is -2.56. The molecule has 0 aromatic rings. The minimum absolute atomic E-state index is 0.303. The minimum atomic E-state index is -0.353. The van der Waals surface area contributed by atoms with Crippen LogP contribution < -0.4 is 0 Å². The zero-order valence-electron chi connectivity index (χ0n) is 10.9. The molecule has 1 saturated carbocycles. The molecule has 1 amide bonds. The third kappa shape index (κ3) is 2.41. The molecule has 4 heteroatoms. The quantitative estimate of drug-likeness (QED) is 0.807. The van der Waals surface area contributed by atoms with Crippen molar-refractivity contribution in [3.63, 3.8) is 0 Å². The number of aliphatic hydroxyl groups is 1. The number of ether oxygens (including phenoxy) is 1. The van der Waals surface area contributed by atoms with Crippen molar-refractivity contribution in [3.05, 3.63) is 0 Å². The fourth-order valence-electron chi connectivity index (χ4n) is 3.22. The number of likely N-dealkylation sites (tertiary alicyclic amines) is 1. The molecule has 2 aliphatic heterocycles. The summed E-state index contributed by atoms with van der Waals surface area (Å²) < 4.78 is 5.85. The second kappa shape index (κ2) is 4.82. The molecule has 0 aromatic heterocycles. The van der Waals surface area contributed by atoms with Gasteiger partial charge in [-0.05, 0) is 44.4 Å². The highest BCUT2D eigenvalue weighted by Gasteiger charge is 2.44. The van der Waals surface area contributed by atoms with Gasteiger partial charge in [0.2, 0.25) is 5.91 Å². The van der Waals surface area contributed by atoms with Crippen LogP contribution in [0, 0.1) is 5.92 Å². The number of aliphatic hydroxyl groups excluding tert-OH is 1. The molecule has 3 aliphatic rings. The Morgan fingerprint density at radius 3 is 2.61 bits per heavy atom. The van der Waals surface area contributed by atoms with E-state index in [1.165, 1.54) is 12.8 Å². The summed E-state index contributed by atoms with van der Waals surface area (Å²) >= 11 is 0. The second-order valence-corrected chi connectivity index (χ2v) is 6.10. The van der Waals surface area contributed by atoms with E-state index in [4.69, 9.17) is 4.74 Å². The lowest BCUT2D eigenvalue weighted by molar-refractivity contribution is -0.179. The fourth-order valence-corrected chi connectivity index (χ4v) is 3.22. The van der Waals surface area contributed by atoms with Gasteiger partial charge >= 0.3 is 0 Å². The van der Waals surface area contributed by atoms with Crippen molar-refractivity contribution in [1.82, 2.24) is 4.90 Å². The second-order valence-electron chi connectivity index (χ2n) is 6.10. The van der Waals surface area contributed by atoms with Crippen LogP contribution in [-0.2, 0) is 9.53 Å². The molecule has 102 valence electrons. The number of nitrogens with zero attached hydrogens (tertiary/aromatic N) is 1. The molecular formula is C14H23NO3. The normalized spacial score (nSPS) is 31.6. The zero-order chi connectivity index (χ0) is 12.6. The van der Waals surface area contributed by atoms with Crippen molar-refractivity contribution in [3.8, 4) is 0 Å². The summed E-state index contributed by atoms with van der Waals surface area (Å²) in [7, 11) is 0. The SMILES string of the molecule is O=C(CC1CC1)N1CCC2(CC1)OCCCC2O. The highest BCUT2D eigenvalue weighted by molar-refractivity contribution is 5.76. The number of amides is 1. The Morgan fingerprint density at radius 2 is 2.00 bits per heavy atom. The number of rotatable bonds is 2. The van der Waals surface area contributed by atoms with Crippen molar-refractivity contribution in [1.29, 1.82) is 0 Å². The van der Waals surface area contributed by atoms with E-state index in [2.05, 4.69) is 0 Å². The first-order valence-corrected chi connectivity index (χ1v) is 7.29. The van der Waals surface area contributed by atoms with Gasteiger partial charge in [0.15, 0.2) is 0 Å². The molecule has 2 saturated heterocycles. The maximum absolute atomic E-state index is 12.0. The maximum Gasteiger partial charge on any atom is 0.222 e. The summed E-state index contributed by atoms with van der Waals surface area (Å²) in [5.74, 6) is 0.961. The molecule has 2 heterocycles. The minimum Gasteiger partial charge on any atom is -0.390 e. The van der Waals surface area contributed by atoms with E-state index in [0.717, 1.165) is 51.8 Å². The molecule has 3 fully saturated rings. The van der Waals surface area contributed by atoms with Crippen molar-refractivity contribution >= 4 is 5.91 Å². The standard InChI is InChI=1S/C14H23NO3/c16-12-2-1-9-18-14(12)5-7-15(8-6-14)13(17)10-11-3-4-11/h11-12,16H,1-10H2. The van der Waals surface area contributed by atoms with Crippen LogP contribution in [0.25, 0.3) is 0 Å². The average Bonchev–Trinajstić information content (AvgIpc) is 3.18. The highest BCUT2D eigenvalue weighted by atomic mass is 16.5. The number of carbonyl (C=O) groups excluding carboxylic acids is 1. The summed E-state index contributed by atoms with van der Waals surface area (Å²) in [5, 5.41) is 10.1. The summed E-state index contributed by atoms with van der Waals surface area (Å²) in [6.07, 6.45) is 6.23. The van der Waals surface area contributed by atoms with Gasteiger partial charge < -0.3 is 14.7 Å². The molecular weight excluding hydrogens is 230 g/mol. The molecule has 1 aliphatic carbocycles. The van der Waals surface area contributed by atoms with E-state index in [0.29, 0.717) is 11.8 Å². The molecule has 4 nitrogen and oxygen atoms in total. The number of carbonyl (C=O) groups is 1. The summed E-state index contributed by atoms with van der Waals surface area (Å²) in [6, 6.07) is 0. The Hall–Kier alpha value is -0.610. The van der Waals surface area contributed by atoms with Crippen molar-refractivity contribution in [2.75, 3.05) is 19.7 Å². The molecule has 18 heavy (non-hydrogen) atoms. The van der Waals surface area contributed by atoms with Crippen LogP contribution in [0.4, 0.5) is 0 Å². The lowest BCUT2D eigenvalue weighted by atomic mass is 9.82. The Morgan fingerprint density at radius 1 is 1.28 bits per heavy atom. The largest absolute Gasteiger partial charge is 0.390 e. The first-order chi connectivity index (χ1) is 8.70. The Labute approximate surface area is 108 Å². The van der Waals surface area contributed by atoms with Gasteiger partial charge in [-0.3, -0.25) is 4.79 Å². The average molecular weight is 253 g/mol. The predicted octanol–water partition coefficient (Wildman–Crippen LogP) is 1.32. The van der Waals surface area contributed by atoms with Crippen LogP contribution in [0.5, 0.6) is 0 Å². The third-order valence-electron chi connectivity index (χ3n) is 4.74. The Bertz CT molecular complexity index is 319. The first-order valence-electron chi connectivity index (χ1n) is 7.29. The zero-order valence-corrected chi connectivity index (χ0v) is 10.9. The van der Waals surface area contributed by atoms with E-state index in [1.54, 1.807) is 0 Å². The van der Waals surface area contributed by atoms with E-state index in [1.807, 2.05) is 4.90 Å². The Kier molecular flexibility index (Phi) is 3.32. The molecule has 1 unspecified atom stereocenters. The van der Waals surface area contributed by atoms with Gasteiger partial charge in [-0.15, -0.1) is 0 Å². The van der Waals surface area contributed by atoms with Gasteiger partial charge in [0, 0.05) is 26.1 Å². The molecule has 1 spiro atoms. The van der Waals surface area contributed by atoms with Crippen molar-refractivity contribution in [2.24, 2.45) is 5.92 Å². The van der Waals surface area contributed by atoms with Crippen LogP contribution in [0.1, 0.15) is 44.9 Å². The molecule has 0 radical (unpaired) electrons. The monoisotopic (exact) mass is 253 g/mol. The fraction of sp³-hybridized carbons (Fsp3) is 0.929. The van der Waals surface area contributed by atoms with Crippen molar-refractivity contribution in [2.45, 2.75) is 56.7 Å². The van der Waals surface area contributed by atoms with E-state index in [9.17, 15) is 9.90 Å². The summed E-state index contributed by atoms with van der Waals surface area (Å²) in [6.45, 7) is 2.26. The van der Waals surface area contributed by atoms with Gasteiger partial charge in [0.1, 0.15) is 0 Å². The maximum atomic E-state index is 12.0. The van der Waals surface area contributed by atoms with E-state index < -0.39 is 0 Å². The van der Waals surface area contributed by atoms with Gasteiger partial charge in [0.05, 0.1) is 11.7 Å². The number of piperidine rings is 1.